The molecule has 9 heteroatoms. The predicted molar refractivity (Wildman–Crippen MR) is 213 cm³/mol. The zero-order chi connectivity index (χ0) is 36.5. The van der Waals surface area contributed by atoms with Crippen LogP contribution in [-0.2, 0) is 14.3 Å². The van der Waals surface area contributed by atoms with E-state index in [2.05, 4.69) is 10.6 Å². The smallest absolute Gasteiger partial charge is 0.407 e. The quantitative estimate of drug-likeness (QED) is 0.0589. The number of hydrogen-bond acceptors (Lipinski definition) is 6. The SMILES string of the molecule is O=C(O)CCSCC(COC(=O)NCCCCCCCCCCCC1CCCCC1)OC(=O)NCCCCCCCCCCCC1CCCCC1. The summed E-state index contributed by atoms with van der Waals surface area (Å²) in [7, 11) is 0. The number of unbranched alkanes of at least 4 members (excludes halogenated alkanes) is 16. The van der Waals surface area contributed by atoms with E-state index < -0.39 is 24.3 Å². The van der Waals surface area contributed by atoms with Crippen LogP contribution in [0.3, 0.4) is 0 Å². The van der Waals surface area contributed by atoms with Crippen LogP contribution in [0.2, 0.25) is 0 Å². The van der Waals surface area contributed by atoms with E-state index in [0.29, 0.717) is 24.6 Å². The normalized spacial score (nSPS) is 16.1. The summed E-state index contributed by atoms with van der Waals surface area (Å²) in [5, 5.41) is 14.6. The number of alkyl carbamates (subject to hydrolysis) is 2. The molecule has 0 aliphatic heterocycles. The Labute approximate surface area is 316 Å². The van der Waals surface area contributed by atoms with Gasteiger partial charge in [0.25, 0.3) is 0 Å². The van der Waals surface area contributed by atoms with Gasteiger partial charge < -0.3 is 25.2 Å². The Morgan fingerprint density at radius 1 is 0.569 bits per heavy atom. The zero-order valence-electron chi connectivity index (χ0n) is 32.6. The van der Waals surface area contributed by atoms with Crippen molar-refractivity contribution in [3.8, 4) is 0 Å². The fourth-order valence-electron chi connectivity index (χ4n) is 7.83. The van der Waals surface area contributed by atoms with Gasteiger partial charge >= 0.3 is 18.2 Å². The Morgan fingerprint density at radius 3 is 1.43 bits per heavy atom. The largest absolute Gasteiger partial charge is 0.481 e. The van der Waals surface area contributed by atoms with Crippen LogP contribution in [0.1, 0.15) is 199 Å². The highest BCUT2D eigenvalue weighted by Gasteiger charge is 2.18. The number of carbonyl (C=O) groups excluding carboxylic acids is 2. The molecular formula is C42H78N2O6S. The number of ether oxygens (including phenoxy) is 2. The first-order chi connectivity index (χ1) is 25.0. The van der Waals surface area contributed by atoms with Gasteiger partial charge in [0.2, 0.25) is 0 Å². The number of aliphatic carboxylic acids is 1. The topological polar surface area (TPSA) is 114 Å². The van der Waals surface area contributed by atoms with E-state index in [1.807, 2.05) is 0 Å². The first-order valence-corrected chi connectivity index (χ1v) is 22.8. The zero-order valence-corrected chi connectivity index (χ0v) is 33.4. The minimum atomic E-state index is -0.863. The van der Waals surface area contributed by atoms with Gasteiger partial charge in [-0.05, 0) is 24.7 Å². The highest BCUT2D eigenvalue weighted by Crippen LogP contribution is 2.29. The van der Waals surface area contributed by atoms with Gasteiger partial charge in [0.15, 0.2) is 0 Å². The molecule has 298 valence electrons. The van der Waals surface area contributed by atoms with E-state index in [9.17, 15) is 14.4 Å². The Balaban J connectivity index is 1.42. The standard InChI is InChI=1S/C42H78N2O6S/c45-40(46)31-34-51-36-39(50-42(48)44-33-24-14-10-6-2-4-8-12-18-26-38-29-21-16-22-30-38)35-49-41(47)43-32-23-13-9-5-1-3-7-11-17-25-37-27-19-15-20-28-37/h37-39H,1-36H2,(H,43,47)(H,44,48)(H,45,46). The Bertz CT molecular complexity index is 849. The van der Waals surface area contributed by atoms with Gasteiger partial charge in [0, 0.05) is 24.6 Å². The maximum absolute atomic E-state index is 12.5. The fourth-order valence-corrected chi connectivity index (χ4v) is 8.74. The molecule has 0 saturated heterocycles. The number of carbonyl (C=O) groups is 3. The molecule has 2 saturated carbocycles. The summed E-state index contributed by atoms with van der Waals surface area (Å²) in [4.78, 5) is 35.6. The van der Waals surface area contributed by atoms with Crippen LogP contribution in [0, 0.1) is 11.8 Å². The molecule has 0 aromatic heterocycles. The average Bonchev–Trinajstić information content (AvgIpc) is 3.13. The number of amides is 2. The van der Waals surface area contributed by atoms with Gasteiger partial charge in [-0.2, -0.15) is 11.8 Å². The second-order valence-electron chi connectivity index (χ2n) is 15.6. The summed E-state index contributed by atoms with van der Waals surface area (Å²) >= 11 is 1.38. The molecule has 0 spiro atoms. The average molecular weight is 739 g/mol. The van der Waals surface area contributed by atoms with Gasteiger partial charge in [-0.1, -0.05) is 180 Å². The highest BCUT2D eigenvalue weighted by molar-refractivity contribution is 7.99. The van der Waals surface area contributed by atoms with Crippen LogP contribution < -0.4 is 10.6 Å². The van der Waals surface area contributed by atoms with Gasteiger partial charge in [0.1, 0.15) is 12.7 Å². The maximum Gasteiger partial charge on any atom is 0.407 e. The Kier molecular flexibility index (Phi) is 29.4. The van der Waals surface area contributed by atoms with E-state index >= 15 is 0 Å². The van der Waals surface area contributed by atoms with Crippen LogP contribution in [0.25, 0.3) is 0 Å². The van der Waals surface area contributed by atoms with Gasteiger partial charge in [-0.3, -0.25) is 4.79 Å². The summed E-state index contributed by atoms with van der Waals surface area (Å²) < 4.78 is 10.9. The lowest BCUT2D eigenvalue weighted by Gasteiger charge is -2.21. The van der Waals surface area contributed by atoms with Crippen molar-refractivity contribution >= 4 is 29.9 Å². The molecule has 2 aliphatic carbocycles. The summed E-state index contributed by atoms with van der Waals surface area (Å²) in [6.07, 6.45) is 38.3. The molecule has 2 aliphatic rings. The number of hydrogen-bond donors (Lipinski definition) is 3. The molecular weight excluding hydrogens is 661 g/mol. The summed E-state index contributed by atoms with van der Waals surface area (Å²) in [6, 6.07) is 0. The number of carboxylic acid groups (broad SMARTS) is 1. The Morgan fingerprint density at radius 2 is 0.980 bits per heavy atom. The van der Waals surface area contributed by atoms with Gasteiger partial charge in [0.05, 0.1) is 6.42 Å². The molecule has 0 heterocycles. The van der Waals surface area contributed by atoms with Crippen molar-refractivity contribution in [2.24, 2.45) is 11.8 Å². The number of carboxylic acids is 1. The lowest BCUT2D eigenvalue weighted by molar-refractivity contribution is -0.136. The second-order valence-corrected chi connectivity index (χ2v) is 16.8. The van der Waals surface area contributed by atoms with Crippen molar-refractivity contribution in [1.29, 1.82) is 0 Å². The molecule has 0 radical (unpaired) electrons. The summed E-state index contributed by atoms with van der Waals surface area (Å²) in [5.74, 6) is 1.94. The van der Waals surface area contributed by atoms with Crippen LogP contribution in [0.15, 0.2) is 0 Å². The Hall–Kier alpha value is -1.64. The molecule has 2 rings (SSSR count). The molecule has 2 amide bonds. The summed E-state index contributed by atoms with van der Waals surface area (Å²) in [5.41, 5.74) is 0. The van der Waals surface area contributed by atoms with E-state index in [1.165, 1.54) is 179 Å². The number of nitrogens with one attached hydrogen (secondary N) is 2. The fraction of sp³-hybridized carbons (Fsp3) is 0.929. The number of rotatable bonds is 32. The van der Waals surface area contributed by atoms with Crippen molar-refractivity contribution in [1.82, 2.24) is 10.6 Å². The third kappa shape index (κ3) is 28.5. The molecule has 0 bridgehead atoms. The minimum Gasteiger partial charge on any atom is -0.481 e. The monoisotopic (exact) mass is 739 g/mol. The molecule has 0 aromatic carbocycles. The lowest BCUT2D eigenvalue weighted by atomic mass is 9.85. The molecule has 2 fully saturated rings. The van der Waals surface area contributed by atoms with Crippen LogP contribution in [-0.4, -0.2) is 60.6 Å². The third-order valence-electron chi connectivity index (χ3n) is 11.0. The van der Waals surface area contributed by atoms with E-state index in [0.717, 1.165) is 37.5 Å². The van der Waals surface area contributed by atoms with Crippen molar-refractivity contribution in [3.63, 3.8) is 0 Å². The lowest BCUT2D eigenvalue weighted by Crippen LogP contribution is -2.35. The number of thioether (sulfide) groups is 1. The molecule has 1 unspecified atom stereocenters. The molecule has 51 heavy (non-hydrogen) atoms. The van der Waals surface area contributed by atoms with E-state index in [-0.39, 0.29) is 13.0 Å². The predicted octanol–water partition coefficient (Wildman–Crippen LogP) is 12.0. The molecule has 3 N–H and O–H groups in total. The van der Waals surface area contributed by atoms with Gasteiger partial charge in [-0.25, -0.2) is 9.59 Å². The molecule has 8 nitrogen and oxygen atoms in total. The second kappa shape index (κ2) is 33.0. The van der Waals surface area contributed by atoms with Crippen molar-refractivity contribution in [2.75, 3.05) is 31.2 Å². The van der Waals surface area contributed by atoms with Crippen LogP contribution >= 0.6 is 11.8 Å². The van der Waals surface area contributed by atoms with E-state index in [1.54, 1.807) is 0 Å². The minimum absolute atomic E-state index is 0.0335. The summed E-state index contributed by atoms with van der Waals surface area (Å²) in [6.45, 7) is 1.07. The maximum atomic E-state index is 12.5. The van der Waals surface area contributed by atoms with E-state index in [4.69, 9.17) is 14.6 Å². The van der Waals surface area contributed by atoms with Crippen molar-refractivity contribution < 1.29 is 29.0 Å². The third-order valence-corrected chi connectivity index (χ3v) is 12.1. The molecule has 1 atom stereocenters. The first-order valence-electron chi connectivity index (χ1n) is 21.7. The van der Waals surface area contributed by atoms with Gasteiger partial charge in [-0.15, -0.1) is 0 Å². The van der Waals surface area contributed by atoms with Crippen molar-refractivity contribution in [2.45, 2.75) is 205 Å². The van der Waals surface area contributed by atoms with Crippen LogP contribution in [0.5, 0.6) is 0 Å². The first kappa shape index (κ1) is 45.5. The molecule has 0 aromatic rings. The van der Waals surface area contributed by atoms with Crippen molar-refractivity contribution in [3.05, 3.63) is 0 Å². The van der Waals surface area contributed by atoms with Crippen LogP contribution in [0.4, 0.5) is 9.59 Å². The highest BCUT2D eigenvalue weighted by atomic mass is 32.2.